The van der Waals surface area contributed by atoms with Crippen LogP contribution in [0.25, 0.3) is 0 Å². The van der Waals surface area contributed by atoms with Crippen LogP contribution in [0.3, 0.4) is 0 Å². The molecular weight excluding hydrogens is 244 g/mol. The van der Waals surface area contributed by atoms with Crippen molar-refractivity contribution in [3.05, 3.63) is 29.3 Å². The summed E-state index contributed by atoms with van der Waals surface area (Å²) in [5.74, 6) is -0.407. The molecule has 1 saturated carbocycles. The molecule has 102 valence electrons. The van der Waals surface area contributed by atoms with Gasteiger partial charge in [0, 0.05) is 17.3 Å². The van der Waals surface area contributed by atoms with E-state index in [2.05, 4.69) is 15.4 Å². The average Bonchev–Trinajstić information content (AvgIpc) is 3.21. The fourth-order valence-corrected chi connectivity index (χ4v) is 1.69. The van der Waals surface area contributed by atoms with Gasteiger partial charge in [0.1, 0.15) is 6.54 Å². The molecule has 0 radical (unpaired) electrons. The van der Waals surface area contributed by atoms with E-state index >= 15 is 0 Å². The van der Waals surface area contributed by atoms with Crippen LogP contribution in [0, 0.1) is 6.92 Å². The summed E-state index contributed by atoms with van der Waals surface area (Å²) in [5, 5.41) is 5.91. The highest BCUT2D eigenvalue weighted by molar-refractivity contribution is 5.95. The normalized spacial score (nSPS) is 13.8. The Labute approximate surface area is 112 Å². The summed E-state index contributed by atoms with van der Waals surface area (Å²) in [7, 11) is 1.34. The maximum absolute atomic E-state index is 11.9. The Morgan fingerprint density at radius 3 is 2.74 bits per heavy atom. The van der Waals surface area contributed by atoms with Gasteiger partial charge < -0.3 is 15.4 Å². The summed E-state index contributed by atoms with van der Waals surface area (Å²) in [6, 6.07) is 5.74. The van der Waals surface area contributed by atoms with Crippen molar-refractivity contribution in [2.45, 2.75) is 25.8 Å². The fourth-order valence-electron chi connectivity index (χ4n) is 1.69. The number of benzene rings is 1. The summed E-state index contributed by atoms with van der Waals surface area (Å²) in [5.41, 5.74) is 2.35. The van der Waals surface area contributed by atoms with E-state index in [0.717, 1.165) is 24.1 Å². The first-order valence-corrected chi connectivity index (χ1v) is 6.32. The first-order chi connectivity index (χ1) is 9.10. The van der Waals surface area contributed by atoms with Gasteiger partial charge >= 0.3 is 5.97 Å². The molecule has 0 saturated heterocycles. The number of ether oxygens (including phenoxy) is 1. The molecule has 0 heterocycles. The lowest BCUT2D eigenvalue weighted by atomic mass is 10.1. The lowest BCUT2D eigenvalue weighted by Gasteiger charge is -2.11. The third kappa shape index (κ3) is 3.71. The number of carbonyl (C=O) groups is 2. The molecule has 1 aliphatic rings. The van der Waals surface area contributed by atoms with Crippen LogP contribution in [0.5, 0.6) is 0 Å². The number of carbonyl (C=O) groups excluding carboxylic acids is 2. The van der Waals surface area contributed by atoms with Gasteiger partial charge in [0.05, 0.1) is 7.11 Å². The summed E-state index contributed by atoms with van der Waals surface area (Å²) in [4.78, 5) is 23.0. The SMILES string of the molecule is COC(=O)CNc1cc(C(=O)NC2CC2)ccc1C. The van der Waals surface area contributed by atoms with Gasteiger partial charge in [-0.15, -0.1) is 0 Å². The predicted molar refractivity (Wildman–Crippen MR) is 72.2 cm³/mol. The molecule has 1 amide bonds. The van der Waals surface area contributed by atoms with Crippen LogP contribution in [0.4, 0.5) is 5.69 Å². The Hall–Kier alpha value is -2.04. The van der Waals surface area contributed by atoms with Gasteiger partial charge in [-0.25, -0.2) is 0 Å². The molecule has 0 aliphatic heterocycles. The van der Waals surface area contributed by atoms with Crippen molar-refractivity contribution in [3.63, 3.8) is 0 Å². The molecular formula is C14H18N2O3. The van der Waals surface area contributed by atoms with Crippen molar-refractivity contribution >= 4 is 17.6 Å². The van der Waals surface area contributed by atoms with Crippen molar-refractivity contribution in [3.8, 4) is 0 Å². The molecule has 19 heavy (non-hydrogen) atoms. The number of nitrogens with one attached hydrogen (secondary N) is 2. The molecule has 2 rings (SSSR count). The van der Waals surface area contributed by atoms with E-state index < -0.39 is 0 Å². The number of hydrogen-bond donors (Lipinski definition) is 2. The van der Waals surface area contributed by atoms with Crippen molar-refractivity contribution in [1.29, 1.82) is 0 Å². The second-order valence-corrected chi connectivity index (χ2v) is 4.71. The number of aryl methyl sites for hydroxylation is 1. The van der Waals surface area contributed by atoms with E-state index in [1.807, 2.05) is 13.0 Å². The molecule has 0 atom stereocenters. The lowest BCUT2D eigenvalue weighted by Crippen LogP contribution is -2.25. The standard InChI is InChI=1S/C14H18N2O3/c1-9-3-4-10(14(18)16-11-5-6-11)7-12(9)15-8-13(17)19-2/h3-4,7,11,15H,5-6,8H2,1-2H3,(H,16,18). The first kappa shape index (κ1) is 13.4. The van der Waals surface area contributed by atoms with Crippen LogP contribution in [0.1, 0.15) is 28.8 Å². The number of esters is 1. The third-order valence-electron chi connectivity index (χ3n) is 3.06. The number of amides is 1. The lowest BCUT2D eigenvalue weighted by molar-refractivity contribution is -0.138. The molecule has 2 N–H and O–H groups in total. The Kier molecular flexibility index (Phi) is 4.04. The molecule has 0 bridgehead atoms. The fraction of sp³-hybridized carbons (Fsp3) is 0.429. The number of anilines is 1. The van der Waals surface area contributed by atoms with Gasteiger partial charge in [0.15, 0.2) is 0 Å². The minimum Gasteiger partial charge on any atom is -0.468 e. The van der Waals surface area contributed by atoms with E-state index in [9.17, 15) is 9.59 Å². The van der Waals surface area contributed by atoms with E-state index in [1.165, 1.54) is 7.11 Å². The van der Waals surface area contributed by atoms with Gasteiger partial charge in [-0.2, -0.15) is 0 Å². The topological polar surface area (TPSA) is 67.4 Å². The summed E-state index contributed by atoms with van der Waals surface area (Å²) in [6.45, 7) is 2.01. The Bertz CT molecular complexity index is 495. The van der Waals surface area contributed by atoms with Gasteiger partial charge in [0.2, 0.25) is 0 Å². The number of hydrogen-bond acceptors (Lipinski definition) is 4. The summed E-state index contributed by atoms with van der Waals surface area (Å²) >= 11 is 0. The van der Waals surface area contributed by atoms with Gasteiger partial charge in [0.25, 0.3) is 5.91 Å². The third-order valence-corrected chi connectivity index (χ3v) is 3.06. The monoisotopic (exact) mass is 262 g/mol. The largest absolute Gasteiger partial charge is 0.468 e. The zero-order chi connectivity index (χ0) is 13.8. The van der Waals surface area contributed by atoms with Crippen molar-refractivity contribution in [2.75, 3.05) is 19.0 Å². The molecule has 1 aromatic carbocycles. The smallest absolute Gasteiger partial charge is 0.325 e. The van der Waals surface area contributed by atoms with Crippen LogP contribution in [-0.4, -0.2) is 31.6 Å². The van der Waals surface area contributed by atoms with Crippen LogP contribution in [-0.2, 0) is 9.53 Å². The summed E-state index contributed by atoms with van der Waals surface area (Å²) < 4.78 is 4.57. The first-order valence-electron chi connectivity index (χ1n) is 6.32. The zero-order valence-electron chi connectivity index (χ0n) is 11.2. The van der Waals surface area contributed by atoms with Gasteiger partial charge in [-0.05, 0) is 37.5 Å². The predicted octanol–water partition coefficient (Wildman–Crippen LogP) is 1.47. The molecule has 5 nitrogen and oxygen atoms in total. The zero-order valence-corrected chi connectivity index (χ0v) is 11.2. The molecule has 0 spiro atoms. The minimum atomic E-state index is -0.341. The van der Waals surface area contributed by atoms with Crippen LogP contribution in [0.2, 0.25) is 0 Å². The van der Waals surface area contributed by atoms with Crippen LogP contribution >= 0.6 is 0 Å². The Morgan fingerprint density at radius 2 is 2.11 bits per heavy atom. The minimum absolute atomic E-state index is 0.0661. The maximum Gasteiger partial charge on any atom is 0.325 e. The number of rotatable bonds is 5. The molecule has 1 aliphatic carbocycles. The van der Waals surface area contributed by atoms with Crippen molar-refractivity contribution in [1.82, 2.24) is 5.32 Å². The van der Waals surface area contributed by atoms with Crippen LogP contribution < -0.4 is 10.6 Å². The Morgan fingerprint density at radius 1 is 1.37 bits per heavy atom. The summed E-state index contributed by atoms with van der Waals surface area (Å²) in [6.07, 6.45) is 2.12. The molecule has 5 heteroatoms. The molecule has 0 unspecified atom stereocenters. The quantitative estimate of drug-likeness (QED) is 0.789. The molecule has 1 fully saturated rings. The molecule has 1 aromatic rings. The highest BCUT2D eigenvalue weighted by atomic mass is 16.5. The van der Waals surface area contributed by atoms with Crippen LogP contribution in [0.15, 0.2) is 18.2 Å². The highest BCUT2D eigenvalue weighted by Crippen LogP contribution is 2.21. The maximum atomic E-state index is 11.9. The van der Waals surface area contributed by atoms with Crippen molar-refractivity contribution < 1.29 is 14.3 Å². The number of methoxy groups -OCH3 is 1. The van der Waals surface area contributed by atoms with Gasteiger partial charge in [-0.3, -0.25) is 9.59 Å². The van der Waals surface area contributed by atoms with E-state index in [1.54, 1.807) is 12.1 Å². The van der Waals surface area contributed by atoms with E-state index in [4.69, 9.17) is 0 Å². The van der Waals surface area contributed by atoms with Gasteiger partial charge in [-0.1, -0.05) is 6.07 Å². The Balaban J connectivity index is 2.04. The average molecular weight is 262 g/mol. The molecule has 0 aromatic heterocycles. The second kappa shape index (κ2) is 5.73. The van der Waals surface area contributed by atoms with E-state index in [-0.39, 0.29) is 18.4 Å². The highest BCUT2D eigenvalue weighted by Gasteiger charge is 2.23. The van der Waals surface area contributed by atoms with Crippen molar-refractivity contribution in [2.24, 2.45) is 0 Å². The second-order valence-electron chi connectivity index (χ2n) is 4.71. The van der Waals surface area contributed by atoms with E-state index in [0.29, 0.717) is 11.6 Å².